The number of nitrogens with zero attached hydrogens (tertiary/aromatic N) is 2. The fourth-order valence-corrected chi connectivity index (χ4v) is 4.01. The molecule has 1 aliphatic rings. The van der Waals surface area contributed by atoms with Crippen molar-refractivity contribution in [3.63, 3.8) is 0 Å². The van der Waals surface area contributed by atoms with Gasteiger partial charge in [0.05, 0.1) is 22.8 Å². The lowest BCUT2D eigenvalue weighted by atomic mass is 10.1. The maximum absolute atomic E-state index is 12.9. The van der Waals surface area contributed by atoms with Crippen LogP contribution in [-0.2, 0) is 9.59 Å². The van der Waals surface area contributed by atoms with Crippen LogP contribution >= 0.6 is 0 Å². The molecule has 1 aliphatic heterocycles. The summed E-state index contributed by atoms with van der Waals surface area (Å²) in [4.78, 5) is 31.7. The zero-order chi connectivity index (χ0) is 19.8. The number of anilines is 2. The molecular weight excluding hydrogens is 362 g/mol. The highest BCUT2D eigenvalue weighted by molar-refractivity contribution is 6.09. The van der Waals surface area contributed by atoms with E-state index >= 15 is 0 Å². The molecule has 5 rings (SSSR count). The average Bonchev–Trinajstić information content (AvgIpc) is 3.15. The fraction of sp³-hybridized carbons (Fsp3) is 0.125. The molecule has 1 fully saturated rings. The third-order valence-corrected chi connectivity index (χ3v) is 5.46. The Labute approximate surface area is 168 Å². The van der Waals surface area contributed by atoms with Gasteiger partial charge in [0.1, 0.15) is 0 Å². The van der Waals surface area contributed by atoms with Crippen molar-refractivity contribution < 1.29 is 9.59 Å². The Balaban J connectivity index is 1.40. The number of pyridine rings is 1. The van der Waals surface area contributed by atoms with E-state index in [1.165, 1.54) is 0 Å². The summed E-state index contributed by atoms with van der Waals surface area (Å²) >= 11 is 0. The normalized spacial score (nSPS) is 16.5. The lowest BCUT2D eigenvalue weighted by Gasteiger charge is -2.19. The van der Waals surface area contributed by atoms with E-state index in [1.54, 1.807) is 11.1 Å². The maximum atomic E-state index is 12.9. The first-order valence-electron chi connectivity index (χ1n) is 9.63. The van der Waals surface area contributed by atoms with Gasteiger partial charge in [-0.3, -0.25) is 14.6 Å². The summed E-state index contributed by atoms with van der Waals surface area (Å²) in [7, 11) is 0. The number of rotatable bonds is 3. The van der Waals surface area contributed by atoms with Crippen molar-refractivity contribution in [1.29, 1.82) is 0 Å². The van der Waals surface area contributed by atoms with Gasteiger partial charge in [0.15, 0.2) is 0 Å². The van der Waals surface area contributed by atoms with E-state index in [1.807, 2.05) is 72.8 Å². The molecule has 1 aromatic heterocycles. The molecule has 142 valence electrons. The molecule has 1 saturated heterocycles. The van der Waals surface area contributed by atoms with Gasteiger partial charge in [0.25, 0.3) is 0 Å². The molecule has 3 aromatic carbocycles. The Morgan fingerprint density at radius 3 is 2.66 bits per heavy atom. The van der Waals surface area contributed by atoms with Crippen LogP contribution in [0.3, 0.4) is 0 Å². The molecule has 1 N–H and O–H groups in total. The van der Waals surface area contributed by atoms with Crippen LogP contribution in [0.4, 0.5) is 11.4 Å². The highest BCUT2D eigenvalue weighted by atomic mass is 16.2. The molecule has 2 amide bonds. The van der Waals surface area contributed by atoms with Crippen LogP contribution in [0.1, 0.15) is 6.42 Å². The van der Waals surface area contributed by atoms with E-state index in [9.17, 15) is 9.59 Å². The second-order valence-corrected chi connectivity index (χ2v) is 7.27. The third kappa shape index (κ3) is 3.10. The second kappa shape index (κ2) is 7.02. The van der Waals surface area contributed by atoms with Crippen molar-refractivity contribution in [3.8, 4) is 0 Å². The minimum absolute atomic E-state index is 0.0268. The summed E-state index contributed by atoms with van der Waals surface area (Å²) in [5.74, 6) is -0.563. The van der Waals surface area contributed by atoms with E-state index < -0.39 is 5.92 Å². The molecule has 2 heterocycles. The SMILES string of the molecule is O=C(Nc1cccc2ncccc12)[C@H]1CC(=O)N(c2cccc3ccccc23)C1. The number of fused-ring (bicyclic) bond motifs is 2. The molecule has 29 heavy (non-hydrogen) atoms. The zero-order valence-corrected chi connectivity index (χ0v) is 15.7. The number of aromatic nitrogens is 1. The molecule has 5 nitrogen and oxygen atoms in total. The van der Waals surface area contributed by atoms with Crippen LogP contribution in [0.25, 0.3) is 21.7 Å². The number of hydrogen-bond donors (Lipinski definition) is 1. The van der Waals surface area contributed by atoms with Gasteiger partial charge >= 0.3 is 0 Å². The van der Waals surface area contributed by atoms with Gasteiger partial charge < -0.3 is 10.2 Å². The fourth-order valence-electron chi connectivity index (χ4n) is 4.01. The molecule has 0 unspecified atom stereocenters. The standard InChI is InChI=1S/C24H19N3O2/c28-23-14-17(15-27(23)22-12-3-7-16-6-1-2-8-18(16)22)24(29)26-21-11-4-10-20-19(21)9-5-13-25-20/h1-13,17H,14-15H2,(H,26,29)/t17-/m0/s1. The molecular formula is C24H19N3O2. The van der Waals surface area contributed by atoms with Crippen LogP contribution in [-0.4, -0.2) is 23.3 Å². The number of hydrogen-bond acceptors (Lipinski definition) is 3. The van der Waals surface area contributed by atoms with E-state index in [0.717, 1.165) is 33.1 Å². The predicted octanol–water partition coefficient (Wildman–Crippen LogP) is 4.38. The Morgan fingerprint density at radius 1 is 0.931 bits per heavy atom. The van der Waals surface area contributed by atoms with Gasteiger partial charge in [-0.25, -0.2) is 0 Å². The summed E-state index contributed by atoms with van der Waals surface area (Å²) < 4.78 is 0. The minimum Gasteiger partial charge on any atom is -0.325 e. The first kappa shape index (κ1) is 17.4. The summed E-state index contributed by atoms with van der Waals surface area (Å²) in [5, 5.41) is 5.98. The Morgan fingerprint density at radius 2 is 1.72 bits per heavy atom. The van der Waals surface area contributed by atoms with Crippen LogP contribution in [0.2, 0.25) is 0 Å². The van der Waals surface area contributed by atoms with Gasteiger partial charge in [0, 0.05) is 29.9 Å². The van der Waals surface area contributed by atoms with Crippen LogP contribution in [0.15, 0.2) is 79.0 Å². The van der Waals surface area contributed by atoms with Crippen molar-refractivity contribution in [1.82, 2.24) is 4.98 Å². The second-order valence-electron chi connectivity index (χ2n) is 7.27. The topological polar surface area (TPSA) is 62.3 Å². The van der Waals surface area contributed by atoms with Crippen molar-refractivity contribution in [2.24, 2.45) is 5.92 Å². The largest absolute Gasteiger partial charge is 0.325 e. The average molecular weight is 381 g/mol. The highest BCUT2D eigenvalue weighted by Gasteiger charge is 2.35. The Kier molecular flexibility index (Phi) is 4.21. The van der Waals surface area contributed by atoms with Crippen molar-refractivity contribution >= 4 is 44.9 Å². The molecule has 0 bridgehead atoms. The Hall–Kier alpha value is -3.73. The van der Waals surface area contributed by atoms with E-state index in [0.29, 0.717) is 6.54 Å². The number of nitrogens with one attached hydrogen (secondary N) is 1. The molecule has 0 spiro atoms. The highest BCUT2D eigenvalue weighted by Crippen LogP contribution is 2.32. The van der Waals surface area contributed by atoms with Gasteiger partial charge in [-0.15, -0.1) is 0 Å². The van der Waals surface area contributed by atoms with E-state index in [2.05, 4.69) is 10.3 Å². The number of carbonyl (C=O) groups is 2. The number of carbonyl (C=O) groups excluding carboxylic acids is 2. The van der Waals surface area contributed by atoms with Gasteiger partial charge in [-0.05, 0) is 35.7 Å². The van der Waals surface area contributed by atoms with Gasteiger partial charge in [0.2, 0.25) is 11.8 Å². The summed E-state index contributed by atoms with van der Waals surface area (Å²) in [6.45, 7) is 0.377. The van der Waals surface area contributed by atoms with Crippen molar-refractivity contribution in [2.75, 3.05) is 16.8 Å². The van der Waals surface area contributed by atoms with Crippen LogP contribution < -0.4 is 10.2 Å². The third-order valence-electron chi connectivity index (χ3n) is 5.46. The molecule has 0 radical (unpaired) electrons. The Bertz CT molecular complexity index is 1240. The van der Waals surface area contributed by atoms with Crippen molar-refractivity contribution in [3.05, 3.63) is 79.0 Å². The maximum Gasteiger partial charge on any atom is 0.229 e. The molecule has 0 saturated carbocycles. The van der Waals surface area contributed by atoms with Gasteiger partial charge in [-0.1, -0.05) is 42.5 Å². The summed E-state index contributed by atoms with van der Waals surface area (Å²) in [6, 6.07) is 23.3. The summed E-state index contributed by atoms with van der Waals surface area (Å²) in [5.41, 5.74) is 2.40. The van der Waals surface area contributed by atoms with E-state index in [4.69, 9.17) is 0 Å². The summed E-state index contributed by atoms with van der Waals surface area (Å²) in [6.07, 6.45) is 1.93. The van der Waals surface area contributed by atoms with Gasteiger partial charge in [-0.2, -0.15) is 0 Å². The number of benzene rings is 3. The predicted molar refractivity (Wildman–Crippen MR) is 115 cm³/mol. The molecule has 4 aromatic rings. The first-order chi connectivity index (χ1) is 14.2. The zero-order valence-electron chi connectivity index (χ0n) is 15.7. The quantitative estimate of drug-likeness (QED) is 0.573. The van der Waals surface area contributed by atoms with Crippen LogP contribution in [0.5, 0.6) is 0 Å². The molecule has 0 aliphatic carbocycles. The first-order valence-corrected chi connectivity index (χ1v) is 9.63. The molecule has 5 heteroatoms. The number of amides is 2. The lowest BCUT2D eigenvalue weighted by Crippen LogP contribution is -2.28. The minimum atomic E-state index is -0.395. The van der Waals surface area contributed by atoms with E-state index in [-0.39, 0.29) is 18.2 Å². The monoisotopic (exact) mass is 381 g/mol. The smallest absolute Gasteiger partial charge is 0.229 e. The molecule has 1 atom stereocenters. The lowest BCUT2D eigenvalue weighted by molar-refractivity contribution is -0.122. The van der Waals surface area contributed by atoms with Crippen LogP contribution in [0, 0.1) is 5.92 Å². The van der Waals surface area contributed by atoms with Crippen molar-refractivity contribution in [2.45, 2.75) is 6.42 Å².